The van der Waals surface area contributed by atoms with Crippen LogP contribution in [0, 0.1) is 11.3 Å². The third-order valence-electron chi connectivity index (χ3n) is 4.23. The SMILES string of the molecule is N#Cc1ccccc1CSc1nnc(NC(=O)c2ccc(/C=C3/SC(=O)NC3=O)cc2)s1. The summed E-state index contributed by atoms with van der Waals surface area (Å²) < 4.78 is 0.678. The Bertz CT molecular complexity index is 1280. The minimum atomic E-state index is -0.428. The third kappa shape index (κ3) is 5.23. The molecule has 4 rings (SSSR count). The summed E-state index contributed by atoms with van der Waals surface area (Å²) >= 11 is 3.53. The lowest BCUT2D eigenvalue weighted by Crippen LogP contribution is -2.17. The van der Waals surface area contributed by atoms with Crippen LogP contribution in [0.3, 0.4) is 0 Å². The zero-order valence-corrected chi connectivity index (χ0v) is 18.6. The molecule has 2 heterocycles. The monoisotopic (exact) mass is 479 g/mol. The van der Waals surface area contributed by atoms with Gasteiger partial charge in [0.15, 0.2) is 4.34 Å². The number of thioether (sulfide) groups is 2. The molecule has 1 fully saturated rings. The van der Waals surface area contributed by atoms with Gasteiger partial charge in [-0.05, 0) is 47.2 Å². The molecule has 3 amide bonds. The van der Waals surface area contributed by atoms with Gasteiger partial charge < -0.3 is 0 Å². The molecule has 2 N–H and O–H groups in total. The fourth-order valence-corrected chi connectivity index (χ4v) is 5.12. The van der Waals surface area contributed by atoms with E-state index in [1.807, 2.05) is 18.2 Å². The second-order valence-corrected chi connectivity index (χ2v) is 9.57. The van der Waals surface area contributed by atoms with Crippen molar-refractivity contribution >= 4 is 63.1 Å². The van der Waals surface area contributed by atoms with E-state index in [0.29, 0.717) is 36.8 Å². The molecule has 3 aromatic rings. The number of carbonyl (C=O) groups excluding carboxylic acids is 3. The molecule has 0 aliphatic carbocycles. The average Bonchev–Trinajstić information content (AvgIpc) is 3.37. The van der Waals surface area contributed by atoms with Crippen molar-refractivity contribution in [2.75, 3.05) is 5.32 Å². The fourth-order valence-electron chi connectivity index (χ4n) is 2.69. The summed E-state index contributed by atoms with van der Waals surface area (Å²) in [4.78, 5) is 35.6. The van der Waals surface area contributed by atoms with E-state index < -0.39 is 11.1 Å². The summed E-state index contributed by atoms with van der Waals surface area (Å²) in [5.74, 6) is -0.191. The van der Waals surface area contributed by atoms with Crippen LogP contribution in [-0.2, 0) is 10.5 Å². The summed E-state index contributed by atoms with van der Waals surface area (Å²) in [7, 11) is 0. The van der Waals surface area contributed by atoms with Crippen molar-refractivity contribution in [1.29, 1.82) is 5.26 Å². The smallest absolute Gasteiger partial charge is 0.290 e. The van der Waals surface area contributed by atoms with Gasteiger partial charge in [0.2, 0.25) is 5.13 Å². The second-order valence-electron chi connectivity index (χ2n) is 6.36. The van der Waals surface area contributed by atoms with E-state index in [1.54, 1.807) is 36.4 Å². The number of anilines is 1. The number of hydrogen-bond acceptors (Lipinski definition) is 9. The molecule has 0 radical (unpaired) electrons. The van der Waals surface area contributed by atoms with Crippen LogP contribution < -0.4 is 10.6 Å². The first-order chi connectivity index (χ1) is 15.5. The van der Waals surface area contributed by atoms with E-state index in [9.17, 15) is 14.4 Å². The first kappa shape index (κ1) is 21.8. The summed E-state index contributed by atoms with van der Waals surface area (Å²) in [6.45, 7) is 0. The Labute approximate surface area is 195 Å². The number of nitrogens with zero attached hydrogens (tertiary/aromatic N) is 3. The number of carbonyl (C=O) groups is 3. The Morgan fingerprint density at radius 1 is 1.16 bits per heavy atom. The van der Waals surface area contributed by atoms with Gasteiger partial charge in [-0.1, -0.05) is 53.4 Å². The molecule has 0 saturated carbocycles. The largest absolute Gasteiger partial charge is 0.296 e. The summed E-state index contributed by atoms with van der Waals surface area (Å²) in [5, 5.41) is 22.1. The Balaban J connectivity index is 1.36. The van der Waals surface area contributed by atoms with Crippen molar-refractivity contribution in [3.05, 3.63) is 75.7 Å². The molecule has 11 heteroatoms. The highest BCUT2D eigenvalue weighted by Gasteiger charge is 2.24. The Morgan fingerprint density at radius 3 is 2.66 bits per heavy atom. The predicted molar refractivity (Wildman–Crippen MR) is 124 cm³/mol. The molecule has 2 aromatic carbocycles. The molecule has 0 unspecified atom stereocenters. The highest BCUT2D eigenvalue weighted by molar-refractivity contribution is 8.18. The number of hydrogen-bond donors (Lipinski definition) is 2. The van der Waals surface area contributed by atoms with Crippen LogP contribution in [0.15, 0.2) is 57.8 Å². The number of aromatic nitrogens is 2. The summed E-state index contributed by atoms with van der Waals surface area (Å²) in [6, 6.07) is 16.1. The molecule has 0 spiro atoms. The van der Waals surface area contributed by atoms with E-state index in [4.69, 9.17) is 5.26 Å². The van der Waals surface area contributed by atoms with E-state index in [-0.39, 0.29) is 5.91 Å². The van der Waals surface area contributed by atoms with Crippen LogP contribution in [0.2, 0.25) is 0 Å². The van der Waals surface area contributed by atoms with Crippen LogP contribution in [0.1, 0.15) is 27.0 Å². The fraction of sp³-hybridized carbons (Fsp3) is 0.0476. The molecule has 1 aliphatic heterocycles. The van der Waals surface area contributed by atoms with Crippen LogP contribution >= 0.6 is 34.9 Å². The first-order valence-corrected chi connectivity index (χ1v) is 11.7. The molecule has 8 nitrogen and oxygen atoms in total. The highest BCUT2D eigenvalue weighted by atomic mass is 32.2. The minimum absolute atomic E-state index is 0.309. The van der Waals surface area contributed by atoms with Gasteiger partial charge in [0, 0.05) is 11.3 Å². The van der Waals surface area contributed by atoms with Crippen LogP contribution in [0.4, 0.5) is 9.93 Å². The quantitative estimate of drug-likeness (QED) is 0.305. The highest BCUT2D eigenvalue weighted by Crippen LogP contribution is 2.29. The van der Waals surface area contributed by atoms with Gasteiger partial charge in [0.1, 0.15) is 0 Å². The van der Waals surface area contributed by atoms with Crippen LogP contribution in [0.5, 0.6) is 0 Å². The van der Waals surface area contributed by atoms with Crippen molar-refractivity contribution in [2.45, 2.75) is 10.1 Å². The van der Waals surface area contributed by atoms with Crippen molar-refractivity contribution in [3.8, 4) is 6.07 Å². The first-order valence-electron chi connectivity index (χ1n) is 9.12. The normalized spacial score (nSPS) is 14.3. The van der Waals surface area contributed by atoms with Gasteiger partial charge in [0.05, 0.1) is 16.5 Å². The lowest BCUT2D eigenvalue weighted by atomic mass is 10.1. The van der Waals surface area contributed by atoms with Crippen LogP contribution in [-0.4, -0.2) is 27.3 Å². The maximum Gasteiger partial charge on any atom is 0.290 e. The number of rotatable bonds is 6. The van der Waals surface area contributed by atoms with E-state index >= 15 is 0 Å². The molecule has 1 saturated heterocycles. The average molecular weight is 480 g/mol. The van der Waals surface area contributed by atoms with Gasteiger partial charge >= 0.3 is 0 Å². The van der Waals surface area contributed by atoms with Gasteiger partial charge in [-0.25, -0.2) is 0 Å². The molecule has 0 bridgehead atoms. The zero-order chi connectivity index (χ0) is 22.5. The standard InChI is InChI=1S/C21H13N5O3S3/c22-10-14-3-1-2-4-15(14)11-30-21-26-25-19(32-21)23-17(27)13-7-5-12(6-8-13)9-16-18(28)24-20(29)31-16/h1-9H,11H2,(H,23,25,27)(H,24,28,29)/b16-9+. The van der Waals surface area contributed by atoms with E-state index in [2.05, 4.69) is 26.9 Å². The van der Waals surface area contributed by atoms with Crippen molar-refractivity contribution in [1.82, 2.24) is 15.5 Å². The molecule has 1 aromatic heterocycles. The molecule has 0 atom stereocenters. The maximum atomic E-state index is 12.5. The number of nitrogens with one attached hydrogen (secondary N) is 2. The van der Waals surface area contributed by atoms with Crippen molar-refractivity contribution in [3.63, 3.8) is 0 Å². The number of amides is 3. The Hall–Kier alpha value is -3.46. The molecule has 32 heavy (non-hydrogen) atoms. The zero-order valence-electron chi connectivity index (χ0n) is 16.2. The molecule has 158 valence electrons. The third-order valence-corrected chi connectivity index (χ3v) is 7.06. The Morgan fingerprint density at radius 2 is 1.94 bits per heavy atom. The summed E-state index contributed by atoms with van der Waals surface area (Å²) in [5.41, 5.74) is 2.64. The van der Waals surface area contributed by atoms with E-state index in [0.717, 1.165) is 17.3 Å². The number of nitriles is 1. The van der Waals surface area contributed by atoms with Crippen LogP contribution in [0.25, 0.3) is 6.08 Å². The molecular formula is C21H13N5O3S3. The number of benzene rings is 2. The molecular weight excluding hydrogens is 466 g/mol. The van der Waals surface area contributed by atoms with Gasteiger partial charge in [-0.3, -0.25) is 25.0 Å². The predicted octanol–water partition coefficient (Wildman–Crippen LogP) is 4.28. The van der Waals surface area contributed by atoms with Gasteiger partial charge in [-0.2, -0.15) is 5.26 Å². The van der Waals surface area contributed by atoms with Crippen molar-refractivity contribution < 1.29 is 14.4 Å². The van der Waals surface area contributed by atoms with Gasteiger partial charge in [0.25, 0.3) is 17.1 Å². The minimum Gasteiger partial charge on any atom is -0.296 e. The molecule has 1 aliphatic rings. The van der Waals surface area contributed by atoms with Gasteiger partial charge in [-0.15, -0.1) is 10.2 Å². The summed E-state index contributed by atoms with van der Waals surface area (Å²) in [6.07, 6.45) is 1.59. The van der Waals surface area contributed by atoms with Crippen molar-refractivity contribution in [2.24, 2.45) is 0 Å². The van der Waals surface area contributed by atoms with E-state index in [1.165, 1.54) is 23.1 Å². The second kappa shape index (κ2) is 9.78. The number of imide groups is 1. The topological polar surface area (TPSA) is 125 Å². The maximum absolute atomic E-state index is 12.5. The lowest BCUT2D eigenvalue weighted by Gasteiger charge is -2.02. The Kier molecular flexibility index (Phi) is 6.65. The lowest BCUT2D eigenvalue weighted by molar-refractivity contribution is -0.115.